The number of nitrogens with one attached hydrogen (secondary N) is 1. The number of benzene rings is 1. The van der Waals surface area contributed by atoms with Gasteiger partial charge in [0.05, 0.1) is 24.0 Å². The Hall–Kier alpha value is -3.76. The Balaban J connectivity index is 1.59. The van der Waals surface area contributed by atoms with Crippen molar-refractivity contribution in [3.05, 3.63) is 71.7 Å². The molecule has 0 unspecified atom stereocenters. The van der Waals surface area contributed by atoms with Crippen molar-refractivity contribution in [3.63, 3.8) is 0 Å². The maximum atomic E-state index is 12.0. The maximum Gasteiger partial charge on any atom is 0.251 e. The molecule has 32 heavy (non-hydrogen) atoms. The summed E-state index contributed by atoms with van der Waals surface area (Å²) in [5.41, 5.74) is 13.7. The van der Waals surface area contributed by atoms with Gasteiger partial charge in [-0.15, -0.1) is 16.4 Å². The minimum absolute atomic E-state index is 0.367. The fourth-order valence-electron chi connectivity index (χ4n) is 3.10. The highest BCUT2D eigenvalue weighted by Crippen LogP contribution is 2.38. The van der Waals surface area contributed by atoms with Crippen molar-refractivity contribution in [2.24, 2.45) is 5.73 Å². The zero-order valence-electron chi connectivity index (χ0n) is 17.6. The molecule has 0 saturated heterocycles. The van der Waals surface area contributed by atoms with Gasteiger partial charge in [-0.25, -0.2) is 9.67 Å². The molecule has 3 aromatic heterocycles. The van der Waals surface area contributed by atoms with Crippen LogP contribution in [0.25, 0.3) is 10.4 Å². The molecular formula is C22H23N7O2S. The number of hydrogen-bond donors (Lipinski definition) is 4. The number of hydrogen-bond acceptors (Lipinski definition) is 8. The number of rotatable bonds is 7. The summed E-state index contributed by atoms with van der Waals surface area (Å²) in [4.78, 5) is 17.5. The first-order valence-electron chi connectivity index (χ1n) is 9.85. The van der Waals surface area contributed by atoms with Crippen molar-refractivity contribution in [1.29, 1.82) is 0 Å². The van der Waals surface area contributed by atoms with E-state index in [-0.39, 0.29) is 0 Å². The molecule has 4 rings (SSSR count). The molecule has 10 heteroatoms. The third kappa shape index (κ3) is 4.61. The molecule has 164 valence electrons. The Morgan fingerprint density at radius 3 is 2.69 bits per heavy atom. The average Bonchev–Trinajstić information content (AvgIpc) is 3.36. The van der Waals surface area contributed by atoms with Crippen molar-refractivity contribution < 1.29 is 9.90 Å². The van der Waals surface area contributed by atoms with Crippen molar-refractivity contribution in [2.45, 2.75) is 26.0 Å². The molecule has 1 amide bonds. The topological polar surface area (TPSA) is 145 Å². The van der Waals surface area contributed by atoms with E-state index in [1.165, 1.54) is 11.3 Å². The normalized spacial score (nSPS) is 11.5. The van der Waals surface area contributed by atoms with Crippen LogP contribution in [0, 0.1) is 0 Å². The van der Waals surface area contributed by atoms with Gasteiger partial charge in [0, 0.05) is 16.1 Å². The summed E-state index contributed by atoms with van der Waals surface area (Å²) in [5.74, 6) is 0.0182. The van der Waals surface area contributed by atoms with Gasteiger partial charge >= 0.3 is 0 Å². The number of anilines is 3. The molecule has 1 aromatic carbocycles. The van der Waals surface area contributed by atoms with E-state index in [0.29, 0.717) is 34.3 Å². The lowest BCUT2D eigenvalue weighted by Crippen LogP contribution is -2.15. The van der Waals surface area contributed by atoms with Crippen LogP contribution in [0.4, 0.5) is 16.5 Å². The highest BCUT2D eigenvalue weighted by Gasteiger charge is 2.20. The van der Waals surface area contributed by atoms with Crippen molar-refractivity contribution in [1.82, 2.24) is 20.0 Å². The first-order chi connectivity index (χ1) is 15.2. The fourth-order valence-corrected chi connectivity index (χ4v) is 4.21. The van der Waals surface area contributed by atoms with Gasteiger partial charge < -0.3 is 21.9 Å². The number of carbonyl (C=O) groups excluding carboxylic acids is 1. The summed E-state index contributed by atoms with van der Waals surface area (Å²) in [6, 6.07) is 14.7. The quantitative estimate of drug-likeness (QED) is 0.317. The van der Waals surface area contributed by atoms with Crippen molar-refractivity contribution >= 4 is 33.8 Å². The first-order valence-corrected chi connectivity index (χ1v) is 10.7. The lowest BCUT2D eigenvalue weighted by atomic mass is 10.1. The van der Waals surface area contributed by atoms with E-state index in [2.05, 4.69) is 20.6 Å². The highest BCUT2D eigenvalue weighted by atomic mass is 32.1. The van der Waals surface area contributed by atoms with Crippen LogP contribution in [0.15, 0.2) is 54.7 Å². The molecule has 0 spiro atoms. The van der Waals surface area contributed by atoms with E-state index in [0.717, 1.165) is 16.1 Å². The molecular weight excluding hydrogens is 426 g/mol. The molecule has 0 aliphatic heterocycles. The zero-order chi connectivity index (χ0) is 22.9. The Labute approximate surface area is 188 Å². The number of nitrogen functional groups attached to an aromatic ring is 1. The molecule has 6 N–H and O–H groups in total. The zero-order valence-corrected chi connectivity index (χ0v) is 18.4. The maximum absolute atomic E-state index is 12.0. The van der Waals surface area contributed by atoms with Gasteiger partial charge in [-0.2, -0.15) is 0 Å². The Bertz CT molecular complexity index is 1270. The minimum Gasteiger partial charge on any atom is -0.398 e. The van der Waals surface area contributed by atoms with E-state index < -0.39 is 11.5 Å². The number of aliphatic hydroxyl groups is 1. The number of thiophene rings is 1. The van der Waals surface area contributed by atoms with Crippen LogP contribution in [-0.2, 0) is 12.1 Å². The summed E-state index contributed by atoms with van der Waals surface area (Å²) < 4.78 is 1.61. The van der Waals surface area contributed by atoms with Gasteiger partial charge in [-0.05, 0) is 38.1 Å². The van der Waals surface area contributed by atoms with Crippen LogP contribution in [0.2, 0.25) is 0 Å². The second kappa shape index (κ2) is 8.40. The van der Waals surface area contributed by atoms with Gasteiger partial charge in [0.2, 0.25) is 0 Å². The number of nitrogens with zero attached hydrogens (tertiary/aromatic N) is 4. The number of nitrogens with two attached hydrogens (primary N) is 2. The van der Waals surface area contributed by atoms with Crippen LogP contribution in [0.1, 0.15) is 35.6 Å². The molecule has 0 aliphatic rings. The van der Waals surface area contributed by atoms with Crippen LogP contribution in [0.3, 0.4) is 0 Å². The molecule has 3 heterocycles. The van der Waals surface area contributed by atoms with Crippen LogP contribution in [-0.4, -0.2) is 31.0 Å². The number of primary amides is 1. The molecule has 9 nitrogen and oxygen atoms in total. The van der Waals surface area contributed by atoms with E-state index in [9.17, 15) is 9.90 Å². The van der Waals surface area contributed by atoms with Crippen molar-refractivity contribution in [3.8, 4) is 10.4 Å². The molecule has 0 aliphatic carbocycles. The van der Waals surface area contributed by atoms with Gasteiger partial charge in [0.1, 0.15) is 22.1 Å². The average molecular weight is 450 g/mol. The molecule has 0 bridgehead atoms. The lowest BCUT2D eigenvalue weighted by Gasteiger charge is -2.11. The summed E-state index contributed by atoms with van der Waals surface area (Å²) in [7, 11) is 0. The summed E-state index contributed by atoms with van der Waals surface area (Å²) in [5, 5.41) is 21.9. The van der Waals surface area contributed by atoms with Gasteiger partial charge in [-0.3, -0.25) is 4.79 Å². The summed E-state index contributed by atoms with van der Waals surface area (Å²) >= 11 is 1.38. The van der Waals surface area contributed by atoms with Crippen LogP contribution < -0.4 is 16.8 Å². The molecule has 0 radical (unpaired) electrons. The molecule has 0 saturated carbocycles. The second-order valence-corrected chi connectivity index (χ2v) is 8.86. The minimum atomic E-state index is -1.07. The van der Waals surface area contributed by atoms with Crippen molar-refractivity contribution in [2.75, 3.05) is 11.1 Å². The fraction of sp³-hybridized carbons (Fsp3) is 0.182. The van der Waals surface area contributed by atoms with E-state index >= 15 is 0 Å². The van der Waals surface area contributed by atoms with Crippen LogP contribution >= 0.6 is 11.3 Å². The Morgan fingerprint density at radius 1 is 1.22 bits per heavy atom. The summed E-state index contributed by atoms with van der Waals surface area (Å²) in [6.45, 7) is 3.68. The third-order valence-electron chi connectivity index (χ3n) is 4.76. The smallest absolute Gasteiger partial charge is 0.251 e. The first kappa shape index (κ1) is 21.5. The van der Waals surface area contributed by atoms with E-state index in [1.54, 1.807) is 36.9 Å². The van der Waals surface area contributed by atoms with E-state index in [4.69, 9.17) is 11.5 Å². The second-order valence-electron chi connectivity index (χ2n) is 7.80. The Morgan fingerprint density at radius 2 is 2.00 bits per heavy atom. The van der Waals surface area contributed by atoms with Gasteiger partial charge in [-0.1, -0.05) is 29.5 Å². The van der Waals surface area contributed by atoms with Gasteiger partial charge in [0.25, 0.3) is 5.91 Å². The number of amides is 1. The monoisotopic (exact) mass is 449 g/mol. The largest absolute Gasteiger partial charge is 0.398 e. The molecule has 0 atom stereocenters. The molecule has 0 fully saturated rings. The summed E-state index contributed by atoms with van der Waals surface area (Å²) in [6.07, 6.45) is 1.68. The third-order valence-corrected chi connectivity index (χ3v) is 5.85. The van der Waals surface area contributed by atoms with E-state index in [1.807, 2.05) is 36.4 Å². The SMILES string of the molecule is CC(C)(O)c1cn(Cc2cccc(Nc3sc(-c4ccccc4N)cc3C(N)=O)n2)nn1. The van der Waals surface area contributed by atoms with Crippen LogP contribution in [0.5, 0.6) is 0 Å². The highest BCUT2D eigenvalue weighted by molar-refractivity contribution is 7.20. The predicted octanol–water partition coefficient (Wildman–Crippen LogP) is 3.10. The standard InChI is InChI=1S/C22H23N7O2S/c1-22(2,31)18-12-29(28-27-18)11-13-6-5-9-19(25-13)26-21-15(20(24)30)10-17(32-21)14-7-3-4-8-16(14)23/h3-10,12,31H,11,23H2,1-2H3,(H2,24,30)(H,25,26). The predicted molar refractivity (Wildman–Crippen MR) is 125 cm³/mol. The number of carbonyl (C=O) groups is 1. The molecule has 4 aromatic rings. The van der Waals surface area contributed by atoms with Gasteiger partial charge in [0.15, 0.2) is 0 Å². The lowest BCUT2D eigenvalue weighted by molar-refractivity contribution is 0.0737. The number of pyridine rings is 1. The number of aromatic nitrogens is 4. The Kier molecular flexibility index (Phi) is 5.64. The number of para-hydroxylation sites is 1.